The predicted molar refractivity (Wildman–Crippen MR) is 119 cm³/mol. The van der Waals surface area contributed by atoms with E-state index < -0.39 is 5.91 Å². The van der Waals surface area contributed by atoms with Gasteiger partial charge in [-0.15, -0.1) is 0 Å². The van der Waals surface area contributed by atoms with Gasteiger partial charge in [0.1, 0.15) is 0 Å². The highest BCUT2D eigenvalue weighted by atomic mass is 16.2. The van der Waals surface area contributed by atoms with E-state index >= 15 is 0 Å². The van der Waals surface area contributed by atoms with Crippen molar-refractivity contribution >= 4 is 28.2 Å². The summed E-state index contributed by atoms with van der Waals surface area (Å²) in [5, 5.41) is 2.59. The summed E-state index contributed by atoms with van der Waals surface area (Å²) in [5.41, 5.74) is 3.63. The number of amides is 1. The Kier molecular flexibility index (Phi) is 4.85. The first-order valence-electron chi connectivity index (χ1n) is 10.5. The van der Waals surface area contributed by atoms with Crippen LogP contribution in [0.15, 0.2) is 60.7 Å². The summed E-state index contributed by atoms with van der Waals surface area (Å²) < 4.78 is 0. The molecule has 0 atom stereocenters. The van der Waals surface area contributed by atoms with Crippen LogP contribution < -0.4 is 4.90 Å². The summed E-state index contributed by atoms with van der Waals surface area (Å²) in [6, 6.07) is 20.7. The van der Waals surface area contributed by atoms with Crippen LogP contribution in [0.3, 0.4) is 0 Å². The van der Waals surface area contributed by atoms with Crippen molar-refractivity contribution in [3.63, 3.8) is 0 Å². The van der Waals surface area contributed by atoms with E-state index in [1.807, 2.05) is 25.1 Å². The smallest absolute Gasteiger partial charge is 0.297 e. The molecule has 1 fully saturated rings. The fraction of sp³-hybridized carbons (Fsp3) is 0.280. The lowest BCUT2D eigenvalue weighted by atomic mass is 10.0. The zero-order chi connectivity index (χ0) is 20.7. The van der Waals surface area contributed by atoms with Crippen LogP contribution >= 0.6 is 0 Å². The molecule has 5 rings (SSSR count). The van der Waals surface area contributed by atoms with E-state index in [0.717, 1.165) is 44.0 Å². The highest BCUT2D eigenvalue weighted by Crippen LogP contribution is 2.30. The van der Waals surface area contributed by atoms with Gasteiger partial charge < -0.3 is 0 Å². The molecule has 5 heteroatoms. The summed E-state index contributed by atoms with van der Waals surface area (Å²) >= 11 is 0. The molecule has 0 aromatic heterocycles. The van der Waals surface area contributed by atoms with Crippen LogP contribution in [0.2, 0.25) is 0 Å². The van der Waals surface area contributed by atoms with Gasteiger partial charge in [0.05, 0.1) is 17.9 Å². The first-order valence-corrected chi connectivity index (χ1v) is 10.5. The predicted octanol–water partition coefficient (Wildman–Crippen LogP) is 3.45. The first kappa shape index (κ1) is 19.0. The molecule has 0 aliphatic carbocycles. The van der Waals surface area contributed by atoms with Crippen molar-refractivity contribution in [1.82, 2.24) is 9.80 Å². The average Bonchev–Trinajstić information content (AvgIpc) is 3.00. The SMILES string of the molecule is Cc1ccc2c(c1)C(=O)C(=O)N2CN1CCN(Cc2cccc3ccccc23)CC1. The van der Waals surface area contributed by atoms with Crippen LogP contribution in [0.25, 0.3) is 10.8 Å². The van der Waals surface area contributed by atoms with E-state index in [4.69, 9.17) is 0 Å². The molecule has 152 valence electrons. The molecule has 0 bridgehead atoms. The van der Waals surface area contributed by atoms with Crippen LogP contribution in [0.4, 0.5) is 5.69 Å². The van der Waals surface area contributed by atoms with Crippen molar-refractivity contribution in [2.24, 2.45) is 0 Å². The van der Waals surface area contributed by atoms with E-state index in [2.05, 4.69) is 52.3 Å². The quantitative estimate of drug-likeness (QED) is 0.631. The molecule has 0 unspecified atom stereocenters. The van der Waals surface area contributed by atoms with Crippen molar-refractivity contribution in [1.29, 1.82) is 0 Å². The Balaban J connectivity index is 1.24. The maximum atomic E-state index is 12.5. The van der Waals surface area contributed by atoms with Gasteiger partial charge in [-0.25, -0.2) is 0 Å². The van der Waals surface area contributed by atoms with Gasteiger partial charge in [-0.3, -0.25) is 24.3 Å². The Labute approximate surface area is 176 Å². The number of nitrogens with zero attached hydrogens (tertiary/aromatic N) is 3. The fourth-order valence-corrected chi connectivity index (χ4v) is 4.51. The van der Waals surface area contributed by atoms with Gasteiger partial charge in [0.25, 0.3) is 5.78 Å². The van der Waals surface area contributed by atoms with Crippen molar-refractivity contribution < 1.29 is 9.59 Å². The number of anilines is 1. The van der Waals surface area contributed by atoms with Gasteiger partial charge >= 0.3 is 5.91 Å². The Morgan fingerprint density at radius 2 is 1.57 bits per heavy atom. The number of aryl methyl sites for hydroxylation is 1. The van der Waals surface area contributed by atoms with Crippen LogP contribution in [-0.4, -0.2) is 54.3 Å². The number of carbonyl (C=O) groups is 2. The number of rotatable bonds is 4. The minimum atomic E-state index is -0.409. The number of benzene rings is 3. The van der Waals surface area contributed by atoms with Crippen LogP contribution in [0.5, 0.6) is 0 Å². The molecule has 0 N–H and O–H groups in total. The van der Waals surface area contributed by atoms with E-state index in [9.17, 15) is 9.59 Å². The average molecular weight is 399 g/mol. The third-order valence-electron chi connectivity index (χ3n) is 6.21. The molecule has 5 nitrogen and oxygen atoms in total. The molecule has 0 radical (unpaired) electrons. The summed E-state index contributed by atoms with van der Waals surface area (Å²) in [4.78, 5) is 31.2. The third-order valence-corrected chi connectivity index (χ3v) is 6.21. The molecule has 1 saturated heterocycles. The van der Waals surface area contributed by atoms with Crippen LogP contribution in [-0.2, 0) is 11.3 Å². The Morgan fingerprint density at radius 1 is 0.833 bits per heavy atom. The number of ketones is 1. The van der Waals surface area contributed by atoms with E-state index in [1.165, 1.54) is 16.3 Å². The molecule has 1 amide bonds. The number of hydrogen-bond donors (Lipinski definition) is 0. The van der Waals surface area contributed by atoms with Gasteiger partial charge in [-0.1, -0.05) is 54.1 Å². The number of fused-ring (bicyclic) bond motifs is 2. The van der Waals surface area contributed by atoms with E-state index in [1.54, 1.807) is 4.90 Å². The molecule has 3 aromatic rings. The third kappa shape index (κ3) is 3.40. The minimum Gasteiger partial charge on any atom is -0.297 e. The Hall–Kier alpha value is -3.02. The standard InChI is InChI=1S/C25H25N3O2/c1-18-9-10-23-22(15-18)24(29)25(30)28(23)17-27-13-11-26(12-14-27)16-20-7-4-6-19-5-2-3-8-21(19)20/h2-10,15H,11-14,16-17H2,1H3. The largest absolute Gasteiger partial charge is 0.300 e. The molecule has 2 aliphatic heterocycles. The van der Waals surface area contributed by atoms with E-state index in [-0.39, 0.29) is 5.78 Å². The van der Waals surface area contributed by atoms with Gasteiger partial charge in [-0.05, 0) is 35.4 Å². The highest BCUT2D eigenvalue weighted by molar-refractivity contribution is 6.52. The summed E-state index contributed by atoms with van der Waals surface area (Å²) in [7, 11) is 0. The maximum Gasteiger partial charge on any atom is 0.300 e. The molecule has 0 spiro atoms. The molecular weight excluding hydrogens is 374 g/mol. The first-order chi connectivity index (χ1) is 14.6. The monoisotopic (exact) mass is 399 g/mol. The zero-order valence-corrected chi connectivity index (χ0v) is 17.2. The van der Waals surface area contributed by atoms with Gasteiger partial charge in [-0.2, -0.15) is 0 Å². The zero-order valence-electron chi connectivity index (χ0n) is 17.2. The van der Waals surface area contributed by atoms with Gasteiger partial charge in [0.2, 0.25) is 0 Å². The lowest BCUT2D eigenvalue weighted by Gasteiger charge is -2.36. The Bertz CT molecular complexity index is 1130. The summed E-state index contributed by atoms with van der Waals surface area (Å²) in [6.07, 6.45) is 0. The molecule has 3 aromatic carbocycles. The molecule has 2 aliphatic rings. The number of Topliss-reactive ketones (excluding diaryl/α,β-unsaturated/α-hetero) is 1. The Morgan fingerprint density at radius 3 is 2.40 bits per heavy atom. The molecule has 2 heterocycles. The summed E-state index contributed by atoms with van der Waals surface area (Å²) in [6.45, 7) is 6.99. The van der Waals surface area contributed by atoms with Gasteiger partial charge in [0, 0.05) is 32.7 Å². The highest BCUT2D eigenvalue weighted by Gasteiger charge is 2.36. The molecular formula is C25H25N3O2. The second-order valence-electron chi connectivity index (χ2n) is 8.26. The lowest BCUT2D eigenvalue weighted by molar-refractivity contribution is -0.114. The number of piperazine rings is 1. The second-order valence-corrected chi connectivity index (χ2v) is 8.26. The van der Waals surface area contributed by atoms with Crippen molar-refractivity contribution in [2.75, 3.05) is 37.7 Å². The number of carbonyl (C=O) groups excluding carboxylic acids is 2. The van der Waals surface area contributed by atoms with E-state index in [0.29, 0.717) is 12.2 Å². The van der Waals surface area contributed by atoms with Crippen molar-refractivity contribution in [3.05, 3.63) is 77.4 Å². The number of hydrogen-bond acceptors (Lipinski definition) is 4. The molecule has 0 saturated carbocycles. The lowest BCUT2D eigenvalue weighted by Crippen LogP contribution is -2.50. The molecule has 30 heavy (non-hydrogen) atoms. The fourth-order valence-electron chi connectivity index (χ4n) is 4.51. The topological polar surface area (TPSA) is 43.9 Å². The van der Waals surface area contributed by atoms with Crippen LogP contribution in [0, 0.1) is 6.92 Å². The van der Waals surface area contributed by atoms with Gasteiger partial charge in [0.15, 0.2) is 0 Å². The summed E-state index contributed by atoms with van der Waals surface area (Å²) in [5.74, 6) is -0.794. The normalized spacial score (nSPS) is 17.7. The van der Waals surface area contributed by atoms with Crippen molar-refractivity contribution in [2.45, 2.75) is 13.5 Å². The minimum absolute atomic E-state index is 0.386. The van der Waals surface area contributed by atoms with Crippen molar-refractivity contribution in [3.8, 4) is 0 Å². The van der Waals surface area contributed by atoms with Crippen LogP contribution in [0.1, 0.15) is 21.5 Å². The second kappa shape index (κ2) is 7.67. The maximum absolute atomic E-state index is 12.5.